The topological polar surface area (TPSA) is 72.2 Å². The summed E-state index contributed by atoms with van der Waals surface area (Å²) in [4.78, 5) is 0. The van der Waals surface area contributed by atoms with E-state index in [0.29, 0.717) is 18.7 Å². The second-order valence-corrected chi connectivity index (χ2v) is 5.46. The third-order valence-corrected chi connectivity index (χ3v) is 3.63. The van der Waals surface area contributed by atoms with E-state index < -0.39 is 10.0 Å². The van der Waals surface area contributed by atoms with Gasteiger partial charge in [0.25, 0.3) is 0 Å². The first-order valence-electron chi connectivity index (χ1n) is 5.37. The molecule has 0 saturated heterocycles. The molecule has 0 saturated carbocycles. The number of benzene rings is 1. The fourth-order valence-corrected chi connectivity index (χ4v) is 2.46. The van der Waals surface area contributed by atoms with E-state index in [0.717, 1.165) is 6.42 Å². The average molecular weight is 242 g/mol. The standard InChI is InChI=1S/C11H18N2O2S/c1-2-10-4-6-11(7-5-10)13-16(14,15)9-3-8-12/h4-7,13H,2-3,8-9,12H2,1H3. The van der Waals surface area contributed by atoms with Crippen LogP contribution >= 0.6 is 0 Å². The van der Waals surface area contributed by atoms with Gasteiger partial charge in [-0.25, -0.2) is 8.42 Å². The Labute approximate surface area is 96.9 Å². The minimum atomic E-state index is -3.25. The van der Waals surface area contributed by atoms with Gasteiger partial charge < -0.3 is 5.73 Å². The predicted octanol–water partition coefficient (Wildman–Crippen LogP) is 1.34. The summed E-state index contributed by atoms with van der Waals surface area (Å²) < 4.78 is 25.6. The molecule has 1 aromatic rings. The van der Waals surface area contributed by atoms with Crippen molar-refractivity contribution in [3.8, 4) is 0 Å². The summed E-state index contributed by atoms with van der Waals surface area (Å²) in [5.74, 6) is 0.0685. The summed E-state index contributed by atoms with van der Waals surface area (Å²) in [5.41, 5.74) is 7.07. The van der Waals surface area contributed by atoms with E-state index in [2.05, 4.69) is 11.6 Å². The quantitative estimate of drug-likeness (QED) is 0.790. The number of anilines is 1. The Bertz CT molecular complexity index is 412. The molecule has 90 valence electrons. The summed E-state index contributed by atoms with van der Waals surface area (Å²) in [7, 11) is -3.25. The Hall–Kier alpha value is -1.07. The Morgan fingerprint density at radius 2 is 1.88 bits per heavy atom. The first-order chi connectivity index (χ1) is 7.57. The Morgan fingerprint density at radius 1 is 1.25 bits per heavy atom. The number of hydrogen-bond donors (Lipinski definition) is 2. The van der Waals surface area contributed by atoms with Gasteiger partial charge in [0, 0.05) is 5.69 Å². The minimum absolute atomic E-state index is 0.0685. The van der Waals surface area contributed by atoms with Crippen LogP contribution in [-0.4, -0.2) is 20.7 Å². The third kappa shape index (κ3) is 4.20. The van der Waals surface area contributed by atoms with Crippen LogP contribution < -0.4 is 10.5 Å². The van der Waals surface area contributed by atoms with Crippen LogP contribution in [0.15, 0.2) is 24.3 Å². The maximum Gasteiger partial charge on any atom is 0.232 e. The molecule has 0 heterocycles. The summed E-state index contributed by atoms with van der Waals surface area (Å²) in [6, 6.07) is 7.39. The number of hydrogen-bond acceptors (Lipinski definition) is 3. The van der Waals surface area contributed by atoms with Crippen molar-refractivity contribution < 1.29 is 8.42 Å². The molecule has 1 aromatic carbocycles. The summed E-state index contributed by atoms with van der Waals surface area (Å²) >= 11 is 0. The second kappa shape index (κ2) is 5.86. The summed E-state index contributed by atoms with van der Waals surface area (Å²) in [6.07, 6.45) is 1.42. The van der Waals surface area contributed by atoms with E-state index >= 15 is 0 Å². The lowest BCUT2D eigenvalue weighted by Gasteiger charge is -2.07. The molecule has 0 radical (unpaired) electrons. The molecule has 0 fully saturated rings. The highest BCUT2D eigenvalue weighted by atomic mass is 32.2. The van der Waals surface area contributed by atoms with E-state index in [4.69, 9.17) is 5.73 Å². The second-order valence-electron chi connectivity index (χ2n) is 3.61. The number of rotatable bonds is 6. The van der Waals surface area contributed by atoms with Crippen molar-refractivity contribution in [1.29, 1.82) is 0 Å². The Balaban J connectivity index is 2.65. The zero-order valence-electron chi connectivity index (χ0n) is 9.44. The van der Waals surface area contributed by atoms with Gasteiger partial charge in [-0.2, -0.15) is 0 Å². The van der Waals surface area contributed by atoms with Crippen molar-refractivity contribution in [3.05, 3.63) is 29.8 Å². The van der Waals surface area contributed by atoms with Gasteiger partial charge in [0.15, 0.2) is 0 Å². The van der Waals surface area contributed by atoms with Gasteiger partial charge in [0.2, 0.25) is 10.0 Å². The van der Waals surface area contributed by atoms with Crippen LogP contribution in [0.2, 0.25) is 0 Å². The van der Waals surface area contributed by atoms with Gasteiger partial charge in [-0.15, -0.1) is 0 Å². The normalized spacial score (nSPS) is 11.4. The van der Waals surface area contributed by atoms with Crippen molar-refractivity contribution in [2.24, 2.45) is 5.73 Å². The van der Waals surface area contributed by atoms with Crippen LogP contribution in [-0.2, 0) is 16.4 Å². The van der Waals surface area contributed by atoms with Gasteiger partial charge in [-0.1, -0.05) is 19.1 Å². The van der Waals surface area contributed by atoms with Crippen LogP contribution in [0, 0.1) is 0 Å². The zero-order valence-corrected chi connectivity index (χ0v) is 10.3. The number of aryl methyl sites for hydroxylation is 1. The zero-order chi connectivity index (χ0) is 12.0. The number of nitrogens with one attached hydrogen (secondary N) is 1. The van der Waals surface area contributed by atoms with Gasteiger partial charge in [-0.3, -0.25) is 4.72 Å². The number of nitrogens with two attached hydrogens (primary N) is 1. The van der Waals surface area contributed by atoms with E-state index in [1.54, 1.807) is 12.1 Å². The molecule has 0 bridgehead atoms. The lowest BCUT2D eigenvalue weighted by atomic mass is 10.2. The van der Waals surface area contributed by atoms with Crippen LogP contribution in [0.25, 0.3) is 0 Å². The molecular formula is C11H18N2O2S. The van der Waals surface area contributed by atoms with Crippen molar-refractivity contribution in [2.45, 2.75) is 19.8 Å². The van der Waals surface area contributed by atoms with E-state index in [1.807, 2.05) is 12.1 Å². The van der Waals surface area contributed by atoms with Crippen molar-refractivity contribution in [3.63, 3.8) is 0 Å². The first kappa shape index (κ1) is 13.0. The molecular weight excluding hydrogens is 224 g/mol. The molecule has 0 aliphatic rings. The molecule has 0 aliphatic heterocycles. The van der Waals surface area contributed by atoms with Crippen LogP contribution in [0.4, 0.5) is 5.69 Å². The van der Waals surface area contributed by atoms with Gasteiger partial charge >= 0.3 is 0 Å². The molecule has 16 heavy (non-hydrogen) atoms. The molecule has 4 nitrogen and oxygen atoms in total. The van der Waals surface area contributed by atoms with Gasteiger partial charge in [0.1, 0.15) is 0 Å². The highest BCUT2D eigenvalue weighted by Gasteiger charge is 2.08. The molecule has 0 amide bonds. The molecule has 1 rings (SSSR count). The monoisotopic (exact) mass is 242 g/mol. The SMILES string of the molecule is CCc1ccc(NS(=O)(=O)CCCN)cc1. The van der Waals surface area contributed by atoms with Crippen molar-refractivity contribution >= 4 is 15.7 Å². The maximum atomic E-state index is 11.5. The van der Waals surface area contributed by atoms with Crippen LogP contribution in [0.1, 0.15) is 18.9 Å². The molecule has 0 unspecified atom stereocenters. The maximum absolute atomic E-state index is 11.5. The van der Waals surface area contributed by atoms with Crippen molar-refractivity contribution in [1.82, 2.24) is 0 Å². The molecule has 3 N–H and O–H groups in total. The van der Waals surface area contributed by atoms with Crippen molar-refractivity contribution in [2.75, 3.05) is 17.0 Å². The predicted molar refractivity (Wildman–Crippen MR) is 66.9 cm³/mol. The number of sulfonamides is 1. The average Bonchev–Trinajstić information content (AvgIpc) is 2.27. The minimum Gasteiger partial charge on any atom is -0.330 e. The lowest BCUT2D eigenvalue weighted by Crippen LogP contribution is -2.18. The summed E-state index contributed by atoms with van der Waals surface area (Å²) in [6.45, 7) is 2.44. The smallest absolute Gasteiger partial charge is 0.232 e. The molecule has 5 heteroatoms. The highest BCUT2D eigenvalue weighted by Crippen LogP contribution is 2.11. The van der Waals surface area contributed by atoms with E-state index in [1.165, 1.54) is 5.56 Å². The van der Waals surface area contributed by atoms with E-state index in [9.17, 15) is 8.42 Å². The largest absolute Gasteiger partial charge is 0.330 e. The Kier molecular flexibility index (Phi) is 4.76. The molecule has 0 spiro atoms. The van der Waals surface area contributed by atoms with Crippen LogP contribution in [0.5, 0.6) is 0 Å². The van der Waals surface area contributed by atoms with Gasteiger partial charge in [0.05, 0.1) is 5.75 Å². The van der Waals surface area contributed by atoms with Crippen LogP contribution in [0.3, 0.4) is 0 Å². The Morgan fingerprint density at radius 3 is 2.38 bits per heavy atom. The molecule has 0 atom stereocenters. The third-order valence-electron chi connectivity index (χ3n) is 2.25. The van der Waals surface area contributed by atoms with Gasteiger partial charge in [-0.05, 0) is 37.1 Å². The van der Waals surface area contributed by atoms with E-state index in [-0.39, 0.29) is 5.75 Å². The summed E-state index contributed by atoms with van der Waals surface area (Å²) in [5, 5.41) is 0. The first-order valence-corrected chi connectivity index (χ1v) is 7.02. The molecule has 0 aromatic heterocycles. The highest BCUT2D eigenvalue weighted by molar-refractivity contribution is 7.92. The lowest BCUT2D eigenvalue weighted by molar-refractivity contribution is 0.599. The fraction of sp³-hybridized carbons (Fsp3) is 0.455. The fourth-order valence-electron chi connectivity index (χ4n) is 1.31. The molecule has 0 aliphatic carbocycles.